The predicted octanol–water partition coefficient (Wildman–Crippen LogP) is 1.80. The molecule has 1 aromatic heterocycles. The van der Waals surface area contributed by atoms with Gasteiger partial charge in [-0.15, -0.1) is 0 Å². The lowest BCUT2D eigenvalue weighted by molar-refractivity contribution is 0.270. The largest absolute Gasteiger partial charge is 0.344 e. The minimum Gasteiger partial charge on any atom is -0.344 e. The van der Waals surface area contributed by atoms with Crippen LogP contribution < -0.4 is 10.6 Å². The van der Waals surface area contributed by atoms with Crippen LogP contribution in [-0.2, 0) is 0 Å². The number of fused-ring (bicyclic) bond motifs is 1. The molecule has 1 aliphatic carbocycles. The molecule has 3 rings (SSSR count). The van der Waals surface area contributed by atoms with E-state index in [0.29, 0.717) is 12.0 Å². The second kappa shape index (κ2) is 4.53. The Balaban J connectivity index is 1.76. The van der Waals surface area contributed by atoms with Crippen LogP contribution in [-0.4, -0.2) is 29.6 Å². The maximum absolute atomic E-state index is 5.81. The molecule has 0 radical (unpaired) electrons. The molecule has 0 aliphatic heterocycles. The van der Waals surface area contributed by atoms with Crippen molar-refractivity contribution in [1.29, 1.82) is 0 Å². The molecular weight excluding hydrogens is 224 g/mol. The molecule has 1 saturated carbocycles. The molecule has 18 heavy (non-hydrogen) atoms. The molecule has 2 aromatic rings. The Hall–Kier alpha value is -1.68. The Morgan fingerprint density at radius 2 is 2.11 bits per heavy atom. The minimum atomic E-state index is 0.404. The van der Waals surface area contributed by atoms with E-state index in [4.69, 9.17) is 5.73 Å². The van der Waals surface area contributed by atoms with Crippen LogP contribution in [0, 0.1) is 5.92 Å². The molecule has 0 atom stereocenters. The second-order valence-electron chi connectivity index (χ2n) is 5.21. The van der Waals surface area contributed by atoms with Crippen LogP contribution in [0.25, 0.3) is 10.9 Å². The molecule has 0 bridgehead atoms. The third kappa shape index (κ3) is 2.16. The lowest BCUT2D eigenvalue weighted by Gasteiger charge is -2.35. The predicted molar refractivity (Wildman–Crippen MR) is 73.5 cm³/mol. The molecule has 1 aliphatic rings. The monoisotopic (exact) mass is 242 g/mol. The van der Waals surface area contributed by atoms with Crippen molar-refractivity contribution in [2.75, 3.05) is 18.5 Å². The molecule has 0 amide bonds. The van der Waals surface area contributed by atoms with Gasteiger partial charge in [0.2, 0.25) is 5.95 Å². The highest BCUT2D eigenvalue weighted by molar-refractivity contribution is 5.78. The first-order chi connectivity index (χ1) is 8.72. The fourth-order valence-corrected chi connectivity index (χ4v) is 2.55. The van der Waals surface area contributed by atoms with Gasteiger partial charge < -0.3 is 10.6 Å². The fourth-order valence-electron chi connectivity index (χ4n) is 2.55. The number of benzene rings is 1. The zero-order valence-corrected chi connectivity index (χ0v) is 10.6. The number of anilines is 1. The van der Waals surface area contributed by atoms with Gasteiger partial charge in [-0.2, -0.15) is 0 Å². The van der Waals surface area contributed by atoms with E-state index in [9.17, 15) is 0 Å². The van der Waals surface area contributed by atoms with Crippen LogP contribution >= 0.6 is 0 Å². The van der Waals surface area contributed by atoms with Crippen LogP contribution in [0.4, 0.5) is 5.95 Å². The summed E-state index contributed by atoms with van der Waals surface area (Å²) >= 11 is 0. The van der Waals surface area contributed by atoms with E-state index in [1.165, 1.54) is 0 Å². The van der Waals surface area contributed by atoms with Gasteiger partial charge in [0.25, 0.3) is 0 Å². The van der Waals surface area contributed by atoms with Crippen LogP contribution in [0.2, 0.25) is 0 Å². The van der Waals surface area contributed by atoms with Crippen molar-refractivity contribution in [3.8, 4) is 0 Å². The van der Waals surface area contributed by atoms with Crippen molar-refractivity contribution in [2.45, 2.75) is 18.9 Å². The zero-order chi connectivity index (χ0) is 12.5. The van der Waals surface area contributed by atoms with Crippen molar-refractivity contribution in [3.63, 3.8) is 0 Å². The number of hydrogen-bond acceptors (Lipinski definition) is 4. The van der Waals surface area contributed by atoms with E-state index in [-0.39, 0.29) is 0 Å². The first-order valence-electron chi connectivity index (χ1n) is 6.41. The van der Waals surface area contributed by atoms with E-state index in [1.54, 1.807) is 0 Å². The van der Waals surface area contributed by atoms with E-state index < -0.39 is 0 Å². The van der Waals surface area contributed by atoms with E-state index in [2.05, 4.69) is 14.9 Å². The highest BCUT2D eigenvalue weighted by Gasteiger charge is 2.27. The van der Waals surface area contributed by atoms with E-state index in [1.807, 2.05) is 37.5 Å². The van der Waals surface area contributed by atoms with Gasteiger partial charge in [-0.1, -0.05) is 18.2 Å². The first kappa shape index (κ1) is 11.4. The van der Waals surface area contributed by atoms with Crippen LogP contribution in [0.3, 0.4) is 0 Å². The Bertz CT molecular complexity index is 548. The summed E-state index contributed by atoms with van der Waals surface area (Å²) in [7, 11) is 2.05. The van der Waals surface area contributed by atoms with Crippen molar-refractivity contribution in [1.82, 2.24) is 9.97 Å². The molecule has 4 heteroatoms. The molecule has 0 unspecified atom stereocenters. The summed E-state index contributed by atoms with van der Waals surface area (Å²) in [5, 5.41) is 1.08. The summed E-state index contributed by atoms with van der Waals surface area (Å²) < 4.78 is 0. The Labute approximate surface area is 107 Å². The van der Waals surface area contributed by atoms with Crippen LogP contribution in [0.15, 0.2) is 30.5 Å². The van der Waals surface area contributed by atoms with Crippen molar-refractivity contribution >= 4 is 16.9 Å². The van der Waals surface area contributed by atoms with Gasteiger partial charge in [0.1, 0.15) is 0 Å². The van der Waals surface area contributed by atoms with Crippen LogP contribution in [0.1, 0.15) is 12.8 Å². The summed E-state index contributed by atoms with van der Waals surface area (Å²) in [6.45, 7) is 0.992. The standard InChI is InChI=1S/C14H18N4/c1-18(9-10-6-12(15)7-10)14-16-8-11-4-2-3-5-13(11)17-14/h2-5,8,10,12H,6-7,9,15H2,1H3. The number of nitrogens with two attached hydrogens (primary N) is 1. The lowest BCUT2D eigenvalue weighted by atomic mass is 9.81. The van der Waals surface area contributed by atoms with E-state index in [0.717, 1.165) is 36.2 Å². The molecule has 1 aromatic carbocycles. The average Bonchev–Trinajstić information content (AvgIpc) is 2.36. The Morgan fingerprint density at radius 1 is 1.33 bits per heavy atom. The molecule has 94 valence electrons. The normalized spacial score (nSPS) is 22.8. The first-order valence-corrected chi connectivity index (χ1v) is 6.41. The average molecular weight is 242 g/mol. The van der Waals surface area contributed by atoms with Gasteiger partial charge in [0, 0.05) is 31.2 Å². The quantitative estimate of drug-likeness (QED) is 0.891. The number of para-hydroxylation sites is 1. The fraction of sp³-hybridized carbons (Fsp3) is 0.429. The van der Waals surface area contributed by atoms with Gasteiger partial charge >= 0.3 is 0 Å². The summed E-state index contributed by atoms with van der Waals surface area (Å²) in [5.74, 6) is 1.49. The lowest BCUT2D eigenvalue weighted by Crippen LogP contribution is -2.42. The highest BCUT2D eigenvalue weighted by Crippen LogP contribution is 2.27. The SMILES string of the molecule is CN(CC1CC(N)C1)c1ncc2ccccc2n1. The molecule has 4 nitrogen and oxygen atoms in total. The topological polar surface area (TPSA) is 55.0 Å². The van der Waals surface area contributed by atoms with Crippen molar-refractivity contribution in [2.24, 2.45) is 11.7 Å². The number of nitrogens with zero attached hydrogens (tertiary/aromatic N) is 3. The molecule has 2 N–H and O–H groups in total. The Kier molecular flexibility index (Phi) is 2.88. The summed E-state index contributed by atoms with van der Waals surface area (Å²) in [6.07, 6.45) is 4.14. The van der Waals surface area contributed by atoms with Gasteiger partial charge in [0.15, 0.2) is 0 Å². The number of rotatable bonds is 3. The molecule has 1 fully saturated rings. The number of hydrogen-bond donors (Lipinski definition) is 1. The van der Waals surface area contributed by atoms with Gasteiger partial charge in [0.05, 0.1) is 5.52 Å². The smallest absolute Gasteiger partial charge is 0.225 e. The summed E-state index contributed by atoms with van der Waals surface area (Å²) in [4.78, 5) is 11.1. The van der Waals surface area contributed by atoms with Crippen LogP contribution in [0.5, 0.6) is 0 Å². The summed E-state index contributed by atoms with van der Waals surface area (Å²) in [5.41, 5.74) is 6.81. The van der Waals surface area contributed by atoms with Crippen molar-refractivity contribution < 1.29 is 0 Å². The third-order valence-electron chi connectivity index (χ3n) is 3.62. The molecule has 1 heterocycles. The Morgan fingerprint density at radius 3 is 2.89 bits per heavy atom. The number of aromatic nitrogens is 2. The molecule has 0 spiro atoms. The minimum absolute atomic E-state index is 0.404. The molecule has 0 saturated heterocycles. The molecular formula is C14H18N4. The van der Waals surface area contributed by atoms with Crippen molar-refractivity contribution in [3.05, 3.63) is 30.5 Å². The second-order valence-corrected chi connectivity index (χ2v) is 5.21. The highest BCUT2D eigenvalue weighted by atomic mass is 15.2. The summed E-state index contributed by atoms with van der Waals surface area (Å²) in [6, 6.07) is 8.47. The maximum atomic E-state index is 5.81. The maximum Gasteiger partial charge on any atom is 0.225 e. The van der Waals surface area contributed by atoms with Gasteiger partial charge in [-0.3, -0.25) is 0 Å². The van der Waals surface area contributed by atoms with Gasteiger partial charge in [-0.05, 0) is 24.8 Å². The zero-order valence-electron chi connectivity index (χ0n) is 10.6. The van der Waals surface area contributed by atoms with Gasteiger partial charge in [-0.25, -0.2) is 9.97 Å². The van der Waals surface area contributed by atoms with E-state index >= 15 is 0 Å². The third-order valence-corrected chi connectivity index (χ3v) is 3.62.